The number of nitrogens with one attached hydrogen (secondary N) is 1. The Morgan fingerprint density at radius 3 is 2.21 bits per heavy atom. The van der Waals surface area contributed by atoms with Gasteiger partial charge in [-0.05, 0) is 92.8 Å². The van der Waals surface area contributed by atoms with Crippen molar-refractivity contribution in [2.24, 2.45) is 0 Å². The van der Waals surface area contributed by atoms with E-state index in [1.165, 1.54) is 28.8 Å². The second kappa shape index (κ2) is 15.5. The van der Waals surface area contributed by atoms with Crippen LogP contribution < -0.4 is 19.1 Å². The van der Waals surface area contributed by atoms with Crippen LogP contribution in [0.2, 0.25) is 0 Å². The second-order valence-corrected chi connectivity index (χ2v) is 12.0. The van der Waals surface area contributed by atoms with Crippen molar-refractivity contribution >= 4 is 39.3 Å². The molecule has 2 amide bonds. The fourth-order valence-corrected chi connectivity index (χ4v) is 6.28. The van der Waals surface area contributed by atoms with Crippen LogP contribution in [0.4, 0.5) is 5.69 Å². The van der Waals surface area contributed by atoms with Crippen molar-refractivity contribution < 1.29 is 27.5 Å². The van der Waals surface area contributed by atoms with E-state index in [1.54, 1.807) is 68.6 Å². The second-order valence-electron chi connectivity index (χ2n) is 9.31. The Labute approximate surface area is 253 Å². The predicted octanol–water partition coefficient (Wildman–Crippen LogP) is 4.95. The molecule has 9 nitrogen and oxygen atoms in total. The van der Waals surface area contributed by atoms with Crippen molar-refractivity contribution in [3.63, 3.8) is 0 Å². The fourth-order valence-electron chi connectivity index (χ4n) is 4.46. The fraction of sp³-hybridized carbons (Fsp3) is 0.355. The lowest BCUT2D eigenvalue weighted by Crippen LogP contribution is -2.52. The number of likely N-dealkylation sites (N-methyl/N-ethyl adjacent to an activating group) is 1. The molecule has 1 unspecified atom stereocenters. The molecule has 0 aliphatic rings. The van der Waals surface area contributed by atoms with Crippen LogP contribution in [-0.4, -0.2) is 64.2 Å². The smallest absolute Gasteiger partial charge is 0.264 e. The number of methoxy groups -OCH3 is 1. The van der Waals surface area contributed by atoms with Gasteiger partial charge >= 0.3 is 0 Å². The van der Waals surface area contributed by atoms with E-state index in [0.29, 0.717) is 36.8 Å². The number of sulfonamides is 1. The van der Waals surface area contributed by atoms with Crippen LogP contribution in [-0.2, 0) is 26.2 Å². The maximum atomic E-state index is 14.1. The number of anilines is 1. The van der Waals surface area contributed by atoms with Gasteiger partial charge in [0.2, 0.25) is 11.8 Å². The molecule has 0 saturated heterocycles. The summed E-state index contributed by atoms with van der Waals surface area (Å²) in [5, 5.41) is 2.81. The van der Waals surface area contributed by atoms with E-state index in [9.17, 15) is 18.0 Å². The molecule has 0 bridgehead atoms. The molecule has 3 aromatic carbocycles. The first-order valence-electron chi connectivity index (χ1n) is 13.8. The molecule has 1 atom stereocenters. The molecule has 1 N–H and O–H groups in total. The molecule has 3 rings (SSSR count). The Balaban J connectivity index is 2.07. The van der Waals surface area contributed by atoms with Crippen molar-refractivity contribution in [2.45, 2.75) is 49.6 Å². The lowest BCUT2D eigenvalue weighted by Gasteiger charge is -2.33. The maximum Gasteiger partial charge on any atom is 0.264 e. The van der Waals surface area contributed by atoms with Crippen molar-refractivity contribution in [1.29, 1.82) is 0 Å². The number of rotatable bonds is 15. The molecule has 226 valence electrons. The van der Waals surface area contributed by atoms with Crippen LogP contribution >= 0.6 is 11.8 Å². The molecule has 0 fully saturated rings. The Bertz CT molecular complexity index is 1430. The first-order valence-corrected chi connectivity index (χ1v) is 16.4. The first-order chi connectivity index (χ1) is 20.2. The number of amides is 2. The lowest BCUT2D eigenvalue weighted by molar-refractivity contribution is -0.140. The summed E-state index contributed by atoms with van der Waals surface area (Å²) < 4.78 is 40.0. The number of hydrogen-bond donors (Lipinski definition) is 1. The van der Waals surface area contributed by atoms with Crippen LogP contribution in [0.5, 0.6) is 11.5 Å². The van der Waals surface area contributed by atoms with Crippen molar-refractivity contribution in [3.05, 3.63) is 78.4 Å². The van der Waals surface area contributed by atoms with Gasteiger partial charge in [-0.1, -0.05) is 19.1 Å². The van der Waals surface area contributed by atoms with Crippen LogP contribution in [0.3, 0.4) is 0 Å². The van der Waals surface area contributed by atoms with Gasteiger partial charge in [-0.2, -0.15) is 0 Å². The zero-order chi connectivity index (χ0) is 30.7. The minimum Gasteiger partial charge on any atom is -0.497 e. The minimum atomic E-state index is -4.16. The average Bonchev–Trinajstić information content (AvgIpc) is 3.00. The summed E-state index contributed by atoms with van der Waals surface area (Å²) in [5.74, 6) is 0.364. The summed E-state index contributed by atoms with van der Waals surface area (Å²) in [6.45, 7) is 5.92. The Kier molecular flexibility index (Phi) is 12.1. The Morgan fingerprint density at radius 2 is 1.64 bits per heavy atom. The molecular formula is C31H39N3O6S2. The number of benzene rings is 3. The summed E-state index contributed by atoms with van der Waals surface area (Å²) in [6.07, 6.45) is 2.25. The molecule has 0 saturated carbocycles. The Morgan fingerprint density at radius 1 is 0.952 bits per heavy atom. The summed E-state index contributed by atoms with van der Waals surface area (Å²) >= 11 is 1.50. The third-order valence-corrected chi connectivity index (χ3v) is 9.12. The van der Waals surface area contributed by atoms with Crippen LogP contribution in [0.1, 0.15) is 32.8 Å². The zero-order valence-electron chi connectivity index (χ0n) is 24.7. The normalized spacial score (nSPS) is 11.8. The quantitative estimate of drug-likeness (QED) is 0.242. The minimum absolute atomic E-state index is 0.0529. The highest BCUT2D eigenvalue weighted by molar-refractivity contribution is 7.98. The highest BCUT2D eigenvalue weighted by atomic mass is 32.2. The van der Waals surface area contributed by atoms with Gasteiger partial charge < -0.3 is 19.7 Å². The average molecular weight is 614 g/mol. The van der Waals surface area contributed by atoms with Crippen molar-refractivity contribution in [1.82, 2.24) is 10.2 Å². The Hall–Kier alpha value is -3.70. The third kappa shape index (κ3) is 8.19. The van der Waals surface area contributed by atoms with E-state index >= 15 is 0 Å². The summed E-state index contributed by atoms with van der Waals surface area (Å²) in [4.78, 5) is 29.6. The molecule has 11 heteroatoms. The van der Waals surface area contributed by atoms with E-state index in [2.05, 4.69) is 5.32 Å². The van der Waals surface area contributed by atoms with Gasteiger partial charge in [0.05, 0.1) is 24.3 Å². The molecular weight excluding hydrogens is 574 g/mol. The van der Waals surface area contributed by atoms with Crippen LogP contribution in [0, 0.1) is 0 Å². The number of hydrogen-bond acceptors (Lipinski definition) is 7. The highest BCUT2D eigenvalue weighted by Gasteiger charge is 2.33. The zero-order valence-corrected chi connectivity index (χ0v) is 26.3. The van der Waals surface area contributed by atoms with Crippen LogP contribution in [0.25, 0.3) is 0 Å². The van der Waals surface area contributed by atoms with E-state index in [-0.39, 0.29) is 17.3 Å². The van der Waals surface area contributed by atoms with Crippen molar-refractivity contribution in [3.8, 4) is 11.5 Å². The molecule has 0 aliphatic heterocycles. The number of nitrogens with zero attached hydrogens (tertiary/aromatic N) is 2. The lowest BCUT2D eigenvalue weighted by atomic mass is 10.1. The number of thioether (sulfide) groups is 1. The van der Waals surface area contributed by atoms with Gasteiger partial charge in [0.25, 0.3) is 10.0 Å². The SMILES string of the molecule is CCNC(=O)C(CC)N(Cc1cccc(OC)c1)C(=O)CN(c1ccc(OCC)cc1)S(=O)(=O)c1ccc(SC)cc1. The predicted molar refractivity (Wildman–Crippen MR) is 167 cm³/mol. The molecule has 0 heterocycles. The number of carbonyl (C=O) groups is 2. The largest absolute Gasteiger partial charge is 0.497 e. The van der Waals surface area contributed by atoms with Gasteiger partial charge in [-0.25, -0.2) is 8.42 Å². The van der Waals surface area contributed by atoms with Gasteiger partial charge in [-0.15, -0.1) is 11.8 Å². The molecule has 0 aliphatic carbocycles. The molecule has 0 spiro atoms. The molecule has 0 aromatic heterocycles. The van der Waals surface area contributed by atoms with Gasteiger partial charge in [0, 0.05) is 18.0 Å². The molecule has 0 radical (unpaired) electrons. The number of ether oxygens (including phenoxy) is 2. The topological polar surface area (TPSA) is 105 Å². The third-order valence-electron chi connectivity index (χ3n) is 6.59. The van der Waals surface area contributed by atoms with E-state index < -0.39 is 28.5 Å². The van der Waals surface area contributed by atoms with E-state index in [0.717, 1.165) is 14.8 Å². The van der Waals surface area contributed by atoms with E-state index in [1.807, 2.05) is 26.2 Å². The molecule has 3 aromatic rings. The van der Waals surface area contributed by atoms with E-state index in [4.69, 9.17) is 9.47 Å². The number of carbonyl (C=O) groups excluding carboxylic acids is 2. The van der Waals surface area contributed by atoms with Gasteiger partial charge in [0.1, 0.15) is 24.1 Å². The first kappa shape index (κ1) is 32.8. The standard InChI is InChI=1S/C31H39N3O6S2/c1-6-29(31(36)32-7-2)33(21-23-10-9-11-26(20-23)39-4)30(35)22-34(24-12-14-25(15-13-24)40-8-3)42(37,38)28-18-16-27(41-5)17-19-28/h9-20,29H,6-8,21-22H2,1-5H3,(H,32,36). The van der Waals surface area contributed by atoms with Gasteiger partial charge in [0.15, 0.2) is 0 Å². The molecule has 42 heavy (non-hydrogen) atoms. The highest BCUT2D eigenvalue weighted by Crippen LogP contribution is 2.28. The summed E-state index contributed by atoms with van der Waals surface area (Å²) in [6, 6.07) is 19.5. The maximum absolute atomic E-state index is 14.1. The van der Waals surface area contributed by atoms with Crippen LogP contribution in [0.15, 0.2) is 82.6 Å². The van der Waals surface area contributed by atoms with Gasteiger partial charge in [-0.3, -0.25) is 13.9 Å². The summed E-state index contributed by atoms with van der Waals surface area (Å²) in [5.41, 5.74) is 1.04. The monoisotopic (exact) mass is 613 g/mol. The summed E-state index contributed by atoms with van der Waals surface area (Å²) in [7, 11) is -2.61. The van der Waals surface area contributed by atoms with Crippen molar-refractivity contribution in [2.75, 3.05) is 37.4 Å².